The molecule has 0 saturated carbocycles. The minimum absolute atomic E-state index is 0.647. The molecule has 1 unspecified atom stereocenters. The fourth-order valence-electron chi connectivity index (χ4n) is 2.60. The van der Waals surface area contributed by atoms with Crippen LogP contribution in [0.1, 0.15) is 31.7 Å². The molecule has 0 spiro atoms. The quantitative estimate of drug-likeness (QED) is 0.881. The highest BCUT2D eigenvalue weighted by Crippen LogP contribution is 2.13. The Morgan fingerprint density at radius 3 is 2.53 bits per heavy atom. The second-order valence-corrected chi connectivity index (χ2v) is 5.54. The van der Waals surface area contributed by atoms with Gasteiger partial charge in [0.25, 0.3) is 0 Å². The molecule has 3 heteroatoms. The summed E-state index contributed by atoms with van der Waals surface area (Å²) in [6.45, 7) is 7.00. The van der Waals surface area contributed by atoms with E-state index in [9.17, 15) is 0 Å². The van der Waals surface area contributed by atoms with E-state index in [4.69, 9.17) is 5.26 Å². The maximum absolute atomic E-state index is 8.75. The van der Waals surface area contributed by atoms with Gasteiger partial charge in [0, 0.05) is 18.8 Å². The van der Waals surface area contributed by atoms with Crippen molar-refractivity contribution < 1.29 is 0 Å². The normalized spacial score (nSPS) is 17.7. The van der Waals surface area contributed by atoms with Crippen molar-refractivity contribution in [2.24, 2.45) is 5.92 Å². The summed E-state index contributed by atoms with van der Waals surface area (Å²) in [6.07, 6.45) is 4.11. The smallest absolute Gasteiger partial charge is 0.0991 e. The van der Waals surface area contributed by atoms with E-state index in [1.54, 1.807) is 0 Å². The Labute approximate surface area is 116 Å². The molecule has 1 heterocycles. The van der Waals surface area contributed by atoms with Crippen LogP contribution in [0.2, 0.25) is 0 Å². The van der Waals surface area contributed by atoms with Gasteiger partial charge in [0.1, 0.15) is 0 Å². The Morgan fingerprint density at radius 2 is 1.89 bits per heavy atom. The molecule has 1 saturated heterocycles. The molecule has 3 nitrogen and oxygen atoms in total. The number of nitriles is 1. The number of piperidine rings is 1. The van der Waals surface area contributed by atoms with Gasteiger partial charge in [0.2, 0.25) is 0 Å². The lowest BCUT2D eigenvalue weighted by atomic mass is 10.1. The van der Waals surface area contributed by atoms with Gasteiger partial charge in [0.05, 0.1) is 11.6 Å². The van der Waals surface area contributed by atoms with Crippen molar-refractivity contribution in [3.8, 4) is 6.07 Å². The molecular formula is C16H23N3. The van der Waals surface area contributed by atoms with Crippen molar-refractivity contribution in [1.29, 1.82) is 5.26 Å². The van der Waals surface area contributed by atoms with Crippen molar-refractivity contribution in [3.63, 3.8) is 0 Å². The fraction of sp³-hybridized carbons (Fsp3) is 0.562. The summed E-state index contributed by atoms with van der Waals surface area (Å²) in [5, 5.41) is 12.2. The first-order valence-electron chi connectivity index (χ1n) is 7.24. The third-order valence-corrected chi connectivity index (χ3v) is 3.69. The van der Waals surface area contributed by atoms with Gasteiger partial charge in [-0.2, -0.15) is 5.26 Å². The molecule has 102 valence electrons. The molecule has 0 aromatic heterocycles. The van der Waals surface area contributed by atoms with Crippen molar-refractivity contribution in [2.45, 2.75) is 26.2 Å². The van der Waals surface area contributed by atoms with E-state index in [0.717, 1.165) is 12.2 Å². The van der Waals surface area contributed by atoms with Crippen LogP contribution in [0.4, 0.5) is 5.69 Å². The molecule has 1 fully saturated rings. The molecule has 0 amide bonds. The van der Waals surface area contributed by atoms with Gasteiger partial charge >= 0.3 is 0 Å². The number of nitrogens with one attached hydrogen (secondary N) is 1. The zero-order valence-electron chi connectivity index (χ0n) is 11.7. The van der Waals surface area contributed by atoms with Gasteiger partial charge in [-0.1, -0.05) is 13.3 Å². The Kier molecular flexibility index (Phi) is 5.23. The molecule has 1 aliphatic heterocycles. The van der Waals surface area contributed by atoms with E-state index in [1.165, 1.54) is 38.9 Å². The van der Waals surface area contributed by atoms with Crippen LogP contribution >= 0.6 is 0 Å². The third kappa shape index (κ3) is 4.57. The lowest BCUT2D eigenvalue weighted by Crippen LogP contribution is -2.35. The molecule has 1 N–H and O–H groups in total. The van der Waals surface area contributed by atoms with Crippen molar-refractivity contribution in [1.82, 2.24) is 4.90 Å². The molecule has 1 atom stereocenters. The lowest BCUT2D eigenvalue weighted by molar-refractivity contribution is 0.204. The largest absolute Gasteiger partial charge is 0.385 e. The van der Waals surface area contributed by atoms with Gasteiger partial charge in [-0.05, 0) is 56.1 Å². The first-order chi connectivity index (χ1) is 9.28. The van der Waals surface area contributed by atoms with Gasteiger partial charge in [0.15, 0.2) is 0 Å². The average molecular weight is 257 g/mol. The second-order valence-electron chi connectivity index (χ2n) is 5.54. The van der Waals surface area contributed by atoms with Gasteiger partial charge in [-0.15, -0.1) is 0 Å². The Bertz CT molecular complexity index is 413. The Morgan fingerprint density at radius 1 is 1.21 bits per heavy atom. The number of hydrogen-bond acceptors (Lipinski definition) is 3. The number of likely N-dealkylation sites (tertiary alicyclic amines) is 1. The van der Waals surface area contributed by atoms with E-state index in [1.807, 2.05) is 24.3 Å². The minimum atomic E-state index is 0.647. The molecule has 19 heavy (non-hydrogen) atoms. The van der Waals surface area contributed by atoms with E-state index in [0.29, 0.717) is 11.5 Å². The van der Waals surface area contributed by atoms with Crippen LogP contribution in [-0.2, 0) is 0 Å². The Hall–Kier alpha value is -1.53. The molecule has 1 aromatic rings. The zero-order chi connectivity index (χ0) is 13.5. The highest BCUT2D eigenvalue weighted by molar-refractivity contribution is 5.47. The number of nitrogens with zero attached hydrogens (tertiary/aromatic N) is 2. The highest BCUT2D eigenvalue weighted by Gasteiger charge is 2.13. The van der Waals surface area contributed by atoms with Crippen LogP contribution in [0.15, 0.2) is 24.3 Å². The molecule has 0 bridgehead atoms. The number of benzene rings is 1. The van der Waals surface area contributed by atoms with Crippen molar-refractivity contribution in [3.05, 3.63) is 29.8 Å². The van der Waals surface area contributed by atoms with E-state index < -0.39 is 0 Å². The lowest BCUT2D eigenvalue weighted by Gasteiger charge is -2.29. The predicted octanol–water partition coefficient (Wildman–Crippen LogP) is 3.09. The first-order valence-corrected chi connectivity index (χ1v) is 7.24. The van der Waals surface area contributed by atoms with Crippen LogP contribution in [-0.4, -0.2) is 31.1 Å². The molecule has 1 aliphatic rings. The molecular weight excluding hydrogens is 234 g/mol. The van der Waals surface area contributed by atoms with E-state index >= 15 is 0 Å². The topological polar surface area (TPSA) is 39.1 Å². The van der Waals surface area contributed by atoms with Crippen LogP contribution in [0.25, 0.3) is 0 Å². The standard InChI is InChI=1S/C16H23N3/c1-14(13-19-9-3-2-4-10-19)12-18-16-7-5-15(11-17)6-8-16/h5-8,14,18H,2-4,9-10,12-13H2,1H3. The van der Waals surface area contributed by atoms with E-state index in [2.05, 4.69) is 23.2 Å². The predicted molar refractivity (Wildman–Crippen MR) is 79.1 cm³/mol. The van der Waals surface area contributed by atoms with Gasteiger partial charge in [-0.25, -0.2) is 0 Å². The SMILES string of the molecule is CC(CNc1ccc(C#N)cc1)CN1CCCCC1. The molecule has 0 radical (unpaired) electrons. The first kappa shape index (κ1) is 13.9. The van der Waals surface area contributed by atoms with Crippen LogP contribution in [0.3, 0.4) is 0 Å². The molecule has 1 aromatic carbocycles. The average Bonchev–Trinajstić information content (AvgIpc) is 2.47. The monoisotopic (exact) mass is 257 g/mol. The summed E-state index contributed by atoms with van der Waals surface area (Å²) in [6, 6.07) is 9.81. The van der Waals surface area contributed by atoms with Crippen molar-refractivity contribution >= 4 is 5.69 Å². The highest BCUT2D eigenvalue weighted by atomic mass is 15.1. The summed E-state index contributed by atoms with van der Waals surface area (Å²) in [5.41, 5.74) is 1.82. The Balaban J connectivity index is 1.73. The number of rotatable bonds is 5. The summed E-state index contributed by atoms with van der Waals surface area (Å²) in [5.74, 6) is 0.647. The summed E-state index contributed by atoms with van der Waals surface area (Å²) in [4.78, 5) is 2.58. The number of hydrogen-bond donors (Lipinski definition) is 1. The third-order valence-electron chi connectivity index (χ3n) is 3.69. The van der Waals surface area contributed by atoms with Crippen LogP contribution < -0.4 is 5.32 Å². The number of anilines is 1. The van der Waals surface area contributed by atoms with Crippen LogP contribution in [0, 0.1) is 17.2 Å². The minimum Gasteiger partial charge on any atom is -0.385 e. The molecule has 2 rings (SSSR count). The fourth-order valence-corrected chi connectivity index (χ4v) is 2.60. The van der Waals surface area contributed by atoms with Gasteiger partial charge in [-0.3, -0.25) is 0 Å². The summed E-state index contributed by atoms with van der Waals surface area (Å²) >= 11 is 0. The van der Waals surface area contributed by atoms with E-state index in [-0.39, 0.29) is 0 Å². The summed E-state index contributed by atoms with van der Waals surface area (Å²) in [7, 11) is 0. The zero-order valence-corrected chi connectivity index (χ0v) is 11.7. The maximum Gasteiger partial charge on any atom is 0.0991 e. The maximum atomic E-state index is 8.75. The van der Waals surface area contributed by atoms with Crippen LogP contribution in [0.5, 0.6) is 0 Å². The second kappa shape index (κ2) is 7.16. The van der Waals surface area contributed by atoms with Crippen molar-refractivity contribution in [2.75, 3.05) is 31.5 Å². The summed E-state index contributed by atoms with van der Waals surface area (Å²) < 4.78 is 0. The molecule has 0 aliphatic carbocycles. The van der Waals surface area contributed by atoms with Gasteiger partial charge < -0.3 is 10.2 Å².